The monoisotopic (exact) mass is 852 g/mol. The zero-order chi connectivity index (χ0) is 43.7. The van der Waals surface area contributed by atoms with Crippen LogP contribution in [0.1, 0.15) is 63.4 Å². The van der Waals surface area contributed by atoms with Gasteiger partial charge in [-0.05, 0) is 102 Å². The normalized spacial score (nSPS) is 12.7. The second-order valence-electron chi connectivity index (χ2n) is 15.4. The maximum absolute atomic E-state index is 12.1. The standard InChI is InChI=1S/C51H44N6O5S/c1-32(58)63-19-11-12-33-20-34-22-36-26-45(55-52-42-13-5-2-6-14-42)28-38(49(36)60)24-40-30-47(57-54-44-17-9-4-10-18-44)31-41(51(40)62)25-39-29-46(56-53-43-15-7-3-8-16-43)27-37(50(39)61)23-35(21-33)48(34)59/h2-10,13-18,20-21,26-31,59-62H,11-12,19,22-25H2,1H3. The number of phenolic OH excluding ortho intramolecular Hbond substituents is 4. The number of nitrogens with zero attached hydrogens (tertiary/aromatic N) is 6. The summed E-state index contributed by atoms with van der Waals surface area (Å²) in [6.07, 6.45) is 1.71. The fraction of sp³-hybridized carbons (Fsp3) is 0.157. The fourth-order valence-corrected chi connectivity index (χ4v) is 8.17. The summed E-state index contributed by atoms with van der Waals surface area (Å²) in [6, 6.07) is 42.2. The highest BCUT2D eigenvalue weighted by atomic mass is 32.2. The third-order valence-corrected chi connectivity index (χ3v) is 11.5. The van der Waals surface area contributed by atoms with Crippen LogP contribution in [0.5, 0.6) is 23.0 Å². The molecule has 0 heterocycles. The molecular weight excluding hydrogens is 809 g/mol. The molecule has 0 unspecified atom stereocenters. The first-order valence-electron chi connectivity index (χ1n) is 20.6. The molecule has 0 spiro atoms. The largest absolute Gasteiger partial charge is 0.507 e. The van der Waals surface area contributed by atoms with Crippen LogP contribution >= 0.6 is 11.8 Å². The second kappa shape index (κ2) is 19.5. The molecular formula is C51H44N6O5S. The Morgan fingerprint density at radius 1 is 0.429 bits per heavy atom. The minimum Gasteiger partial charge on any atom is -0.507 e. The van der Waals surface area contributed by atoms with E-state index in [2.05, 4.69) is 30.7 Å². The van der Waals surface area contributed by atoms with Crippen LogP contribution in [0.4, 0.5) is 34.1 Å². The summed E-state index contributed by atoms with van der Waals surface area (Å²) in [5.41, 5.74) is 8.18. The molecule has 7 aromatic carbocycles. The Hall–Kier alpha value is -7.44. The molecule has 0 aliphatic heterocycles. The van der Waals surface area contributed by atoms with Crippen molar-refractivity contribution < 1.29 is 25.2 Å². The average molecular weight is 853 g/mol. The van der Waals surface area contributed by atoms with E-state index in [-0.39, 0.29) is 53.8 Å². The van der Waals surface area contributed by atoms with Gasteiger partial charge in [0.1, 0.15) is 23.0 Å². The summed E-state index contributed by atoms with van der Waals surface area (Å²) in [6.45, 7) is 1.55. The number of hydrogen-bond donors (Lipinski definition) is 4. The zero-order valence-corrected chi connectivity index (χ0v) is 35.3. The molecule has 8 bridgehead atoms. The van der Waals surface area contributed by atoms with Gasteiger partial charge in [-0.3, -0.25) is 4.79 Å². The van der Waals surface area contributed by atoms with Gasteiger partial charge in [-0.1, -0.05) is 78.5 Å². The first kappa shape index (κ1) is 42.3. The predicted molar refractivity (Wildman–Crippen MR) is 247 cm³/mol. The molecule has 0 saturated carbocycles. The lowest BCUT2D eigenvalue weighted by atomic mass is 9.89. The molecule has 1 aliphatic carbocycles. The van der Waals surface area contributed by atoms with Crippen molar-refractivity contribution in [3.63, 3.8) is 0 Å². The van der Waals surface area contributed by atoms with Crippen molar-refractivity contribution in [1.29, 1.82) is 0 Å². The molecule has 0 atom stereocenters. The lowest BCUT2D eigenvalue weighted by Gasteiger charge is -2.19. The Morgan fingerprint density at radius 2 is 0.698 bits per heavy atom. The molecule has 7 aromatic rings. The average Bonchev–Trinajstić information content (AvgIpc) is 3.29. The van der Waals surface area contributed by atoms with Gasteiger partial charge in [-0.15, -0.1) is 0 Å². The van der Waals surface area contributed by atoms with E-state index in [9.17, 15) is 25.2 Å². The van der Waals surface area contributed by atoms with E-state index < -0.39 is 0 Å². The highest BCUT2D eigenvalue weighted by molar-refractivity contribution is 8.13. The number of thioether (sulfide) groups is 1. The molecule has 0 fully saturated rings. The van der Waals surface area contributed by atoms with Crippen molar-refractivity contribution in [3.8, 4) is 23.0 Å². The van der Waals surface area contributed by atoms with Crippen LogP contribution in [0.15, 0.2) is 170 Å². The Bertz CT molecular complexity index is 2720. The summed E-state index contributed by atoms with van der Waals surface area (Å²) in [5, 5.41) is 75.4. The molecule has 8 rings (SSSR count). The number of carbonyl (C=O) groups is 1. The van der Waals surface area contributed by atoms with Crippen molar-refractivity contribution >= 4 is 51.0 Å². The molecule has 0 saturated heterocycles. The van der Waals surface area contributed by atoms with Crippen LogP contribution in [-0.4, -0.2) is 31.3 Å². The van der Waals surface area contributed by atoms with Crippen LogP contribution in [-0.2, 0) is 36.9 Å². The minimum atomic E-state index is -0.0364. The third-order valence-electron chi connectivity index (χ3n) is 10.6. The predicted octanol–water partition coefficient (Wildman–Crippen LogP) is 13.6. The Balaban J connectivity index is 1.31. The van der Waals surface area contributed by atoms with Gasteiger partial charge in [-0.25, -0.2) is 0 Å². The summed E-state index contributed by atoms with van der Waals surface area (Å²) in [4.78, 5) is 11.7. The van der Waals surface area contributed by atoms with E-state index in [1.54, 1.807) is 43.3 Å². The van der Waals surface area contributed by atoms with Crippen molar-refractivity contribution in [2.75, 3.05) is 5.75 Å². The summed E-state index contributed by atoms with van der Waals surface area (Å²) in [7, 11) is 0. The van der Waals surface area contributed by atoms with Crippen LogP contribution in [0.3, 0.4) is 0 Å². The molecule has 4 N–H and O–H groups in total. The number of aryl methyl sites for hydroxylation is 1. The fourth-order valence-electron chi connectivity index (χ4n) is 7.60. The van der Waals surface area contributed by atoms with Gasteiger partial charge in [0.2, 0.25) is 0 Å². The van der Waals surface area contributed by atoms with Crippen molar-refractivity contribution in [1.82, 2.24) is 0 Å². The number of aromatic hydroxyl groups is 4. The van der Waals surface area contributed by atoms with Gasteiger partial charge in [0.25, 0.3) is 0 Å². The van der Waals surface area contributed by atoms with Crippen LogP contribution in [0.25, 0.3) is 0 Å². The lowest BCUT2D eigenvalue weighted by molar-refractivity contribution is -0.109. The second-order valence-corrected chi connectivity index (χ2v) is 16.6. The molecule has 11 nitrogen and oxygen atoms in total. The van der Waals surface area contributed by atoms with Gasteiger partial charge in [0, 0.05) is 71.7 Å². The van der Waals surface area contributed by atoms with E-state index >= 15 is 0 Å². The zero-order valence-electron chi connectivity index (χ0n) is 34.5. The minimum absolute atomic E-state index is 0.0153. The van der Waals surface area contributed by atoms with Crippen molar-refractivity contribution in [2.45, 2.75) is 45.4 Å². The van der Waals surface area contributed by atoms with Gasteiger partial charge in [0.15, 0.2) is 5.12 Å². The molecule has 63 heavy (non-hydrogen) atoms. The maximum Gasteiger partial charge on any atom is 0.185 e. The summed E-state index contributed by atoms with van der Waals surface area (Å²) < 4.78 is 0. The highest BCUT2D eigenvalue weighted by Crippen LogP contribution is 2.42. The molecule has 1 aliphatic rings. The van der Waals surface area contributed by atoms with Gasteiger partial charge >= 0.3 is 0 Å². The van der Waals surface area contributed by atoms with Crippen molar-refractivity contribution in [2.24, 2.45) is 30.7 Å². The summed E-state index contributed by atoms with van der Waals surface area (Å²) in [5.74, 6) is 0.595. The van der Waals surface area contributed by atoms with Crippen LogP contribution in [0, 0.1) is 0 Å². The number of carbonyl (C=O) groups excluding carboxylic acids is 1. The van der Waals surface area contributed by atoms with E-state index in [1.165, 1.54) is 11.8 Å². The van der Waals surface area contributed by atoms with E-state index in [0.29, 0.717) is 90.8 Å². The third kappa shape index (κ3) is 10.7. The van der Waals surface area contributed by atoms with Crippen LogP contribution in [0.2, 0.25) is 0 Å². The topological polar surface area (TPSA) is 172 Å². The number of benzene rings is 7. The smallest absolute Gasteiger partial charge is 0.185 e. The molecule has 12 heteroatoms. The SMILES string of the molecule is CC(=O)SCCCc1cc2c(O)c(c1)Cc1cc(N=Nc3ccccc3)cc(c1O)Cc1cc(N=Nc3ccccc3)cc(c1O)Cc1cc(N=Nc3ccccc3)cc(c1O)C2. The van der Waals surface area contributed by atoms with Gasteiger partial charge < -0.3 is 20.4 Å². The first-order chi connectivity index (χ1) is 30.6. The first-order valence-corrected chi connectivity index (χ1v) is 21.6. The highest BCUT2D eigenvalue weighted by Gasteiger charge is 2.22. The number of phenols is 4. The Labute approximate surface area is 369 Å². The number of azo groups is 3. The summed E-state index contributed by atoms with van der Waals surface area (Å²) >= 11 is 1.27. The van der Waals surface area contributed by atoms with E-state index in [1.807, 2.05) is 103 Å². The van der Waals surface area contributed by atoms with Gasteiger partial charge in [0.05, 0.1) is 34.1 Å². The quantitative estimate of drug-likeness (QED) is 0.0787. The number of rotatable bonds is 10. The molecule has 0 radical (unpaired) electrons. The van der Waals surface area contributed by atoms with Gasteiger partial charge in [-0.2, -0.15) is 30.7 Å². The van der Waals surface area contributed by atoms with E-state index in [0.717, 1.165) is 12.0 Å². The Kier molecular flexibility index (Phi) is 13.1. The number of fused-ring (bicyclic) bond motifs is 8. The van der Waals surface area contributed by atoms with E-state index in [4.69, 9.17) is 0 Å². The Morgan fingerprint density at radius 3 is 0.984 bits per heavy atom. The molecule has 314 valence electrons. The van der Waals surface area contributed by atoms with Crippen LogP contribution < -0.4 is 0 Å². The molecule has 0 amide bonds. The van der Waals surface area contributed by atoms with Crippen molar-refractivity contribution in [3.05, 3.63) is 190 Å². The maximum atomic E-state index is 12.1. The number of hydrogen-bond acceptors (Lipinski definition) is 12. The lowest BCUT2D eigenvalue weighted by Crippen LogP contribution is -2.02. The molecule has 0 aromatic heterocycles.